The van der Waals surface area contributed by atoms with Crippen molar-refractivity contribution in [3.05, 3.63) is 22.4 Å². The molecule has 1 aromatic rings. The van der Waals surface area contributed by atoms with Crippen molar-refractivity contribution in [3.8, 4) is 0 Å². The van der Waals surface area contributed by atoms with Crippen molar-refractivity contribution in [3.63, 3.8) is 0 Å². The average molecular weight is 300 g/mol. The Morgan fingerprint density at radius 2 is 2.18 bits per heavy atom. The zero-order chi connectivity index (χ0) is 12.1. The van der Waals surface area contributed by atoms with Gasteiger partial charge in [0.05, 0.1) is 18.0 Å². The van der Waals surface area contributed by atoms with Crippen molar-refractivity contribution in [2.75, 3.05) is 31.6 Å². The van der Waals surface area contributed by atoms with E-state index in [0.717, 1.165) is 41.9 Å². The number of halogens is 1. The quantitative estimate of drug-likeness (QED) is 0.741. The minimum Gasteiger partial charge on any atom is -0.395 e. The topological polar surface area (TPSA) is 57.2 Å². The second-order valence-corrected chi connectivity index (χ2v) is 5.05. The van der Waals surface area contributed by atoms with Crippen molar-refractivity contribution >= 4 is 21.6 Å². The Morgan fingerprint density at radius 1 is 1.41 bits per heavy atom. The van der Waals surface area contributed by atoms with Gasteiger partial charge in [-0.05, 0) is 54.0 Å². The van der Waals surface area contributed by atoms with Crippen molar-refractivity contribution in [1.29, 1.82) is 0 Å². The maximum absolute atomic E-state index is 8.88. The summed E-state index contributed by atoms with van der Waals surface area (Å²) < 4.78 is 0.876. The van der Waals surface area contributed by atoms with Crippen LogP contribution in [-0.2, 0) is 0 Å². The molecule has 1 saturated heterocycles. The summed E-state index contributed by atoms with van der Waals surface area (Å²) >= 11 is 3.43. The molecule has 0 saturated carbocycles. The lowest BCUT2D eigenvalue weighted by Crippen LogP contribution is -2.27. The van der Waals surface area contributed by atoms with E-state index in [2.05, 4.69) is 31.5 Å². The van der Waals surface area contributed by atoms with Crippen molar-refractivity contribution < 1.29 is 5.11 Å². The minimum absolute atomic E-state index is 0.141. The summed E-state index contributed by atoms with van der Waals surface area (Å²) in [7, 11) is 0. The van der Waals surface area contributed by atoms with Crippen LogP contribution in [0.5, 0.6) is 0 Å². The summed E-state index contributed by atoms with van der Waals surface area (Å²) in [5.41, 5.74) is 2.17. The van der Waals surface area contributed by atoms with E-state index in [1.165, 1.54) is 0 Å². The van der Waals surface area contributed by atoms with Gasteiger partial charge in [0.15, 0.2) is 0 Å². The second-order valence-electron chi connectivity index (χ2n) is 4.24. The lowest BCUT2D eigenvalue weighted by atomic mass is 9.93. The Balaban J connectivity index is 2.19. The summed E-state index contributed by atoms with van der Waals surface area (Å²) in [5, 5.41) is 15.5. The number of piperidine rings is 1. The molecule has 0 aromatic carbocycles. The van der Waals surface area contributed by atoms with Crippen LogP contribution in [-0.4, -0.2) is 36.3 Å². The fourth-order valence-corrected chi connectivity index (χ4v) is 2.52. The molecule has 0 atom stereocenters. The maximum atomic E-state index is 8.88. The highest BCUT2D eigenvalue weighted by atomic mass is 79.9. The largest absolute Gasteiger partial charge is 0.395 e. The number of aliphatic hydroxyl groups excluding tert-OH is 1. The van der Waals surface area contributed by atoms with E-state index in [9.17, 15) is 0 Å². The molecule has 0 unspecified atom stereocenters. The number of hydrogen-bond acceptors (Lipinski definition) is 4. The van der Waals surface area contributed by atoms with Gasteiger partial charge in [0.25, 0.3) is 0 Å². The van der Waals surface area contributed by atoms with Crippen LogP contribution in [0.3, 0.4) is 0 Å². The molecule has 0 radical (unpaired) electrons. The third-order valence-corrected chi connectivity index (χ3v) is 3.49. The van der Waals surface area contributed by atoms with Gasteiger partial charge in [-0.2, -0.15) is 0 Å². The summed E-state index contributed by atoms with van der Waals surface area (Å²) in [6.45, 7) is 2.82. The maximum Gasteiger partial charge on any atom is 0.106 e. The molecule has 17 heavy (non-hydrogen) atoms. The molecule has 2 rings (SSSR count). The number of aromatic nitrogens is 1. The van der Waals surface area contributed by atoms with Gasteiger partial charge in [0.2, 0.25) is 0 Å². The number of nitrogens with zero attached hydrogens (tertiary/aromatic N) is 1. The lowest BCUT2D eigenvalue weighted by molar-refractivity contribution is 0.311. The molecule has 5 heteroatoms. The zero-order valence-corrected chi connectivity index (χ0v) is 11.3. The summed E-state index contributed by atoms with van der Waals surface area (Å²) in [5.74, 6) is 0.509. The minimum atomic E-state index is 0.141. The van der Waals surface area contributed by atoms with Gasteiger partial charge >= 0.3 is 0 Å². The fourth-order valence-electron chi connectivity index (χ4n) is 2.20. The molecule has 1 aliphatic rings. The van der Waals surface area contributed by atoms with Crippen LogP contribution in [0, 0.1) is 0 Å². The average Bonchev–Trinajstić information content (AvgIpc) is 2.38. The van der Waals surface area contributed by atoms with Crippen molar-refractivity contribution in [2.24, 2.45) is 0 Å². The van der Waals surface area contributed by atoms with Crippen LogP contribution in [0.1, 0.15) is 24.5 Å². The van der Waals surface area contributed by atoms with Crippen LogP contribution in [0.15, 0.2) is 16.7 Å². The van der Waals surface area contributed by atoms with Gasteiger partial charge < -0.3 is 15.7 Å². The van der Waals surface area contributed by atoms with Crippen LogP contribution in [0.4, 0.5) is 5.69 Å². The monoisotopic (exact) mass is 299 g/mol. The molecular formula is C12H18BrN3O. The van der Waals surface area contributed by atoms with E-state index in [0.29, 0.717) is 12.5 Å². The normalized spacial score (nSPS) is 17.1. The van der Waals surface area contributed by atoms with Gasteiger partial charge in [-0.25, -0.2) is 4.98 Å². The SMILES string of the molecule is OCCNc1ccc(Br)nc1C1CCNCC1. The number of anilines is 1. The molecule has 4 nitrogen and oxygen atoms in total. The first kappa shape index (κ1) is 12.8. The number of hydrogen-bond donors (Lipinski definition) is 3. The van der Waals surface area contributed by atoms with Gasteiger partial charge in [0, 0.05) is 12.5 Å². The highest BCUT2D eigenvalue weighted by Gasteiger charge is 2.19. The van der Waals surface area contributed by atoms with Gasteiger partial charge in [0.1, 0.15) is 4.60 Å². The Kier molecular flexibility index (Phi) is 4.76. The number of nitrogens with one attached hydrogen (secondary N) is 2. The third kappa shape index (κ3) is 3.40. The Morgan fingerprint density at radius 3 is 2.88 bits per heavy atom. The molecule has 1 aliphatic heterocycles. The van der Waals surface area contributed by atoms with E-state index in [4.69, 9.17) is 5.11 Å². The van der Waals surface area contributed by atoms with Crippen molar-refractivity contribution in [1.82, 2.24) is 10.3 Å². The van der Waals surface area contributed by atoms with Crippen LogP contribution in [0.2, 0.25) is 0 Å². The first-order chi connectivity index (χ1) is 8.31. The molecule has 0 aliphatic carbocycles. The Labute approximate surface area is 110 Å². The molecular weight excluding hydrogens is 282 g/mol. The van der Waals surface area contributed by atoms with Crippen molar-refractivity contribution in [2.45, 2.75) is 18.8 Å². The first-order valence-electron chi connectivity index (χ1n) is 6.03. The smallest absolute Gasteiger partial charge is 0.106 e. The highest BCUT2D eigenvalue weighted by Crippen LogP contribution is 2.30. The standard InChI is InChI=1S/C12H18BrN3O/c13-11-2-1-10(15-7-8-17)12(16-11)9-3-5-14-6-4-9/h1-2,9,14-15,17H,3-8H2. The molecule has 2 heterocycles. The van der Waals surface area contributed by atoms with Gasteiger partial charge in [-0.15, -0.1) is 0 Å². The van der Waals surface area contributed by atoms with E-state index in [1.54, 1.807) is 0 Å². The van der Waals surface area contributed by atoms with E-state index in [1.807, 2.05) is 12.1 Å². The molecule has 1 fully saturated rings. The van der Waals surface area contributed by atoms with Crippen LogP contribution in [0.25, 0.3) is 0 Å². The number of aliphatic hydroxyl groups is 1. The summed E-state index contributed by atoms with van der Waals surface area (Å²) in [4.78, 5) is 4.59. The molecule has 3 N–H and O–H groups in total. The van der Waals surface area contributed by atoms with Gasteiger partial charge in [-0.1, -0.05) is 0 Å². The Hall–Kier alpha value is -0.650. The summed E-state index contributed by atoms with van der Waals surface area (Å²) in [6.07, 6.45) is 2.24. The molecule has 94 valence electrons. The predicted octanol–water partition coefficient (Wildman–Crippen LogP) is 1.72. The van der Waals surface area contributed by atoms with E-state index >= 15 is 0 Å². The number of rotatable bonds is 4. The van der Waals surface area contributed by atoms with Crippen LogP contribution >= 0.6 is 15.9 Å². The molecule has 0 bridgehead atoms. The summed E-state index contributed by atoms with van der Waals surface area (Å²) in [6, 6.07) is 3.97. The molecule has 0 spiro atoms. The van der Waals surface area contributed by atoms with Crippen LogP contribution < -0.4 is 10.6 Å². The highest BCUT2D eigenvalue weighted by molar-refractivity contribution is 9.10. The zero-order valence-electron chi connectivity index (χ0n) is 9.75. The predicted molar refractivity (Wildman–Crippen MR) is 72.4 cm³/mol. The number of pyridine rings is 1. The molecule has 0 amide bonds. The lowest BCUT2D eigenvalue weighted by Gasteiger charge is -2.24. The second kappa shape index (κ2) is 6.33. The van der Waals surface area contributed by atoms with E-state index in [-0.39, 0.29) is 6.61 Å². The van der Waals surface area contributed by atoms with Gasteiger partial charge in [-0.3, -0.25) is 0 Å². The van der Waals surface area contributed by atoms with E-state index < -0.39 is 0 Å². The Bertz CT molecular complexity index is 367. The molecule has 1 aromatic heterocycles. The first-order valence-corrected chi connectivity index (χ1v) is 6.82. The fraction of sp³-hybridized carbons (Fsp3) is 0.583. The third-order valence-electron chi connectivity index (χ3n) is 3.04.